The van der Waals surface area contributed by atoms with E-state index in [0.29, 0.717) is 0 Å². The molecule has 1 N–H and O–H groups in total. The molecule has 72 valence electrons. The van der Waals surface area contributed by atoms with Gasteiger partial charge in [-0.05, 0) is 11.1 Å². The highest BCUT2D eigenvalue weighted by atomic mass is 14.9. The fourth-order valence-corrected chi connectivity index (χ4v) is 2.04. The van der Waals surface area contributed by atoms with Crippen LogP contribution in [0.4, 0.5) is 0 Å². The molecule has 1 aromatic rings. The largest absolute Gasteiger partial charge is 0.297 e. The number of nitrogens with one attached hydrogen (secondary N) is 1. The van der Waals surface area contributed by atoms with Crippen LogP contribution < -0.4 is 5.32 Å². The first-order valence-electron chi connectivity index (χ1n) is 4.87. The van der Waals surface area contributed by atoms with Crippen molar-refractivity contribution < 1.29 is 0 Å². The average molecular weight is 186 g/mol. The smallest absolute Gasteiger partial charge is 0.121 e. The predicted octanol–water partition coefficient (Wildman–Crippen LogP) is 2.13. The number of hydrogen-bond donors (Lipinski definition) is 1. The van der Waals surface area contributed by atoms with Crippen LogP contribution >= 0.6 is 0 Å². The number of hydrogen-bond acceptors (Lipinski definition) is 2. The Hall–Kier alpha value is -1.33. The number of nitrogens with zero attached hydrogens (tertiary/aromatic N) is 1. The molecule has 2 nitrogen and oxygen atoms in total. The molecule has 0 spiro atoms. The van der Waals surface area contributed by atoms with Crippen molar-refractivity contribution in [3.8, 4) is 6.07 Å². The number of rotatable bonds is 0. The molecule has 0 saturated heterocycles. The van der Waals surface area contributed by atoms with Gasteiger partial charge in [-0.1, -0.05) is 38.1 Å². The summed E-state index contributed by atoms with van der Waals surface area (Å²) in [5, 5.41) is 12.2. The molecule has 0 radical (unpaired) electrons. The van der Waals surface area contributed by atoms with E-state index >= 15 is 0 Å². The Balaban J connectivity index is 2.56. The highest BCUT2D eigenvalue weighted by Gasteiger charge is 2.31. The Morgan fingerprint density at radius 2 is 2.14 bits per heavy atom. The highest BCUT2D eigenvalue weighted by Crippen LogP contribution is 2.33. The van der Waals surface area contributed by atoms with Crippen LogP contribution in [0.2, 0.25) is 0 Å². The van der Waals surface area contributed by atoms with Crippen molar-refractivity contribution in [2.45, 2.75) is 25.3 Å². The third kappa shape index (κ3) is 1.30. The molecule has 0 aliphatic carbocycles. The standard InChI is InChI=1S/C12H14N2/c1-12(2)8-14-11(7-13)9-5-3-4-6-10(9)12/h3-6,11,14H,8H2,1-2H3. The molecular formula is C12H14N2. The van der Waals surface area contributed by atoms with Gasteiger partial charge >= 0.3 is 0 Å². The first-order valence-corrected chi connectivity index (χ1v) is 4.87. The van der Waals surface area contributed by atoms with Crippen LogP contribution in [0, 0.1) is 11.3 Å². The Morgan fingerprint density at radius 3 is 2.86 bits per heavy atom. The van der Waals surface area contributed by atoms with Gasteiger partial charge < -0.3 is 0 Å². The molecule has 2 rings (SSSR count). The summed E-state index contributed by atoms with van der Waals surface area (Å²) in [4.78, 5) is 0. The van der Waals surface area contributed by atoms with Gasteiger partial charge in [0.15, 0.2) is 0 Å². The SMILES string of the molecule is CC1(C)CNC(C#N)c2ccccc21. The topological polar surface area (TPSA) is 35.8 Å². The van der Waals surface area contributed by atoms with Crippen molar-refractivity contribution in [3.63, 3.8) is 0 Å². The van der Waals surface area contributed by atoms with E-state index in [1.807, 2.05) is 18.2 Å². The molecule has 14 heavy (non-hydrogen) atoms. The maximum absolute atomic E-state index is 9.00. The van der Waals surface area contributed by atoms with Gasteiger partial charge in [0.2, 0.25) is 0 Å². The normalized spacial score (nSPS) is 23.6. The molecule has 2 heteroatoms. The lowest BCUT2D eigenvalue weighted by Gasteiger charge is -2.35. The van der Waals surface area contributed by atoms with Gasteiger partial charge in [-0.2, -0.15) is 5.26 Å². The Kier molecular flexibility index (Phi) is 2.05. The second-order valence-corrected chi connectivity index (χ2v) is 4.41. The van der Waals surface area contributed by atoms with Crippen molar-refractivity contribution in [1.82, 2.24) is 5.32 Å². The van der Waals surface area contributed by atoms with E-state index in [9.17, 15) is 0 Å². The fourth-order valence-electron chi connectivity index (χ4n) is 2.04. The minimum atomic E-state index is -0.140. The molecule has 0 fully saturated rings. The second kappa shape index (κ2) is 3.11. The van der Waals surface area contributed by atoms with E-state index in [2.05, 4.69) is 31.3 Å². The molecule has 1 unspecified atom stereocenters. The van der Waals surface area contributed by atoms with Crippen molar-refractivity contribution in [2.24, 2.45) is 0 Å². The molecule has 1 aliphatic rings. The van der Waals surface area contributed by atoms with E-state index < -0.39 is 0 Å². The molecule has 0 amide bonds. The van der Waals surface area contributed by atoms with E-state index in [0.717, 1.165) is 12.1 Å². The molecule has 0 saturated carbocycles. The van der Waals surface area contributed by atoms with E-state index in [1.54, 1.807) is 0 Å². The van der Waals surface area contributed by atoms with E-state index in [1.165, 1.54) is 5.56 Å². The lowest BCUT2D eigenvalue weighted by Crippen LogP contribution is -2.41. The first kappa shape index (κ1) is 9.23. The van der Waals surface area contributed by atoms with Gasteiger partial charge in [0.05, 0.1) is 6.07 Å². The molecular weight excluding hydrogens is 172 g/mol. The maximum Gasteiger partial charge on any atom is 0.121 e. The molecule has 0 bridgehead atoms. The van der Waals surface area contributed by atoms with Crippen LogP contribution in [-0.4, -0.2) is 6.54 Å². The maximum atomic E-state index is 9.00. The Bertz CT molecular complexity index is 388. The van der Waals surface area contributed by atoms with Crippen molar-refractivity contribution >= 4 is 0 Å². The zero-order valence-electron chi connectivity index (χ0n) is 8.54. The predicted molar refractivity (Wildman–Crippen MR) is 55.8 cm³/mol. The van der Waals surface area contributed by atoms with E-state index in [4.69, 9.17) is 5.26 Å². The molecule has 1 aromatic carbocycles. The summed E-state index contributed by atoms with van der Waals surface area (Å²) < 4.78 is 0. The van der Waals surface area contributed by atoms with Crippen LogP contribution in [0.1, 0.15) is 31.0 Å². The lowest BCUT2D eigenvalue weighted by molar-refractivity contribution is 0.415. The van der Waals surface area contributed by atoms with Crippen LogP contribution in [0.3, 0.4) is 0 Å². The summed E-state index contributed by atoms with van der Waals surface area (Å²) in [6, 6.07) is 10.3. The quantitative estimate of drug-likeness (QED) is 0.673. The zero-order chi connectivity index (χ0) is 10.2. The molecule has 0 aromatic heterocycles. The summed E-state index contributed by atoms with van der Waals surface area (Å²) in [7, 11) is 0. The van der Waals surface area contributed by atoms with Crippen LogP contribution in [0.25, 0.3) is 0 Å². The summed E-state index contributed by atoms with van der Waals surface area (Å²) in [6.07, 6.45) is 0. The van der Waals surface area contributed by atoms with Gasteiger partial charge in [-0.3, -0.25) is 5.32 Å². The van der Waals surface area contributed by atoms with Gasteiger partial charge in [0, 0.05) is 12.0 Å². The third-order valence-electron chi connectivity index (χ3n) is 2.88. The summed E-state index contributed by atoms with van der Waals surface area (Å²) in [6.45, 7) is 5.26. The highest BCUT2D eigenvalue weighted by molar-refractivity contribution is 5.40. The lowest BCUT2D eigenvalue weighted by atomic mass is 9.77. The molecule has 1 heterocycles. The minimum absolute atomic E-state index is 0.129. The summed E-state index contributed by atoms with van der Waals surface area (Å²) >= 11 is 0. The van der Waals surface area contributed by atoms with Crippen LogP contribution in [-0.2, 0) is 5.41 Å². The second-order valence-electron chi connectivity index (χ2n) is 4.41. The molecule has 1 aliphatic heterocycles. The number of benzene rings is 1. The van der Waals surface area contributed by atoms with Crippen LogP contribution in [0.5, 0.6) is 0 Å². The zero-order valence-corrected chi connectivity index (χ0v) is 8.54. The number of fused-ring (bicyclic) bond motifs is 1. The average Bonchev–Trinajstić information content (AvgIpc) is 2.18. The van der Waals surface area contributed by atoms with E-state index in [-0.39, 0.29) is 11.5 Å². The summed E-state index contributed by atoms with van der Waals surface area (Å²) in [5.74, 6) is 0. The molecule has 1 atom stereocenters. The Morgan fingerprint density at radius 1 is 1.43 bits per heavy atom. The van der Waals surface area contributed by atoms with Crippen LogP contribution in [0.15, 0.2) is 24.3 Å². The van der Waals surface area contributed by atoms with Gasteiger partial charge in [0.1, 0.15) is 6.04 Å². The number of nitriles is 1. The fraction of sp³-hybridized carbons (Fsp3) is 0.417. The van der Waals surface area contributed by atoms with Gasteiger partial charge in [-0.15, -0.1) is 0 Å². The van der Waals surface area contributed by atoms with Crippen molar-refractivity contribution in [1.29, 1.82) is 5.26 Å². The van der Waals surface area contributed by atoms with Gasteiger partial charge in [-0.25, -0.2) is 0 Å². The van der Waals surface area contributed by atoms with Crippen molar-refractivity contribution in [3.05, 3.63) is 35.4 Å². The minimum Gasteiger partial charge on any atom is -0.297 e. The monoisotopic (exact) mass is 186 g/mol. The third-order valence-corrected chi connectivity index (χ3v) is 2.88. The first-order chi connectivity index (χ1) is 6.65. The summed E-state index contributed by atoms with van der Waals surface area (Å²) in [5.41, 5.74) is 2.56. The van der Waals surface area contributed by atoms with Gasteiger partial charge in [0.25, 0.3) is 0 Å². The van der Waals surface area contributed by atoms with Crippen molar-refractivity contribution in [2.75, 3.05) is 6.54 Å². The Labute approximate surface area is 84.6 Å².